The van der Waals surface area contributed by atoms with Gasteiger partial charge in [0.15, 0.2) is 0 Å². The molecular formula is C15H28N2O2. The molecule has 0 aromatic carbocycles. The van der Waals surface area contributed by atoms with Gasteiger partial charge in [-0.1, -0.05) is 34.1 Å². The molecule has 2 aliphatic rings. The van der Waals surface area contributed by atoms with Crippen molar-refractivity contribution in [1.82, 2.24) is 5.32 Å². The van der Waals surface area contributed by atoms with Gasteiger partial charge in [-0.3, -0.25) is 10.3 Å². The molecule has 2 rings (SSSR count). The summed E-state index contributed by atoms with van der Waals surface area (Å²) < 4.78 is 12.0. The molecular weight excluding hydrogens is 240 g/mol. The van der Waals surface area contributed by atoms with Gasteiger partial charge in [-0.15, -0.1) is 0 Å². The highest BCUT2D eigenvalue weighted by molar-refractivity contribution is 5.90. The number of fused-ring (bicyclic) bond motifs is 1. The van der Waals surface area contributed by atoms with E-state index in [9.17, 15) is 0 Å². The maximum absolute atomic E-state index is 6.04. The van der Waals surface area contributed by atoms with E-state index in [1.807, 2.05) is 0 Å². The average molecular weight is 268 g/mol. The molecule has 0 radical (unpaired) electrons. The average Bonchev–Trinajstić information content (AvgIpc) is 2.34. The van der Waals surface area contributed by atoms with Crippen molar-refractivity contribution >= 4 is 5.71 Å². The van der Waals surface area contributed by atoms with E-state index in [0.29, 0.717) is 6.61 Å². The van der Waals surface area contributed by atoms with Crippen molar-refractivity contribution in [1.29, 1.82) is 0 Å². The Morgan fingerprint density at radius 1 is 1.37 bits per heavy atom. The fourth-order valence-electron chi connectivity index (χ4n) is 2.52. The molecule has 4 heteroatoms. The van der Waals surface area contributed by atoms with Crippen LogP contribution >= 0.6 is 0 Å². The topological polar surface area (TPSA) is 42.9 Å². The van der Waals surface area contributed by atoms with Crippen molar-refractivity contribution in [3.8, 4) is 0 Å². The van der Waals surface area contributed by atoms with Gasteiger partial charge in [0.25, 0.3) is 0 Å². The van der Waals surface area contributed by atoms with E-state index in [2.05, 4.69) is 39.9 Å². The van der Waals surface area contributed by atoms with E-state index in [4.69, 9.17) is 14.5 Å². The van der Waals surface area contributed by atoms with Crippen LogP contribution in [0.15, 0.2) is 4.99 Å². The largest absolute Gasteiger partial charge is 0.363 e. The number of nitrogens with zero attached hydrogens (tertiary/aromatic N) is 1. The molecule has 1 fully saturated rings. The molecule has 4 nitrogen and oxygen atoms in total. The molecule has 0 bridgehead atoms. The number of ether oxygens (including phenoxy) is 2. The Morgan fingerprint density at radius 2 is 2.11 bits per heavy atom. The lowest BCUT2D eigenvalue weighted by molar-refractivity contribution is -0.170. The van der Waals surface area contributed by atoms with E-state index >= 15 is 0 Å². The smallest absolute Gasteiger partial charge is 0.141 e. The minimum Gasteiger partial charge on any atom is -0.363 e. The molecule has 2 aliphatic heterocycles. The number of nitrogens with one attached hydrogen (secondary N) is 1. The fraction of sp³-hybridized carbons (Fsp3) is 0.933. The third-order valence-electron chi connectivity index (χ3n) is 3.72. The van der Waals surface area contributed by atoms with Gasteiger partial charge in [-0.05, 0) is 25.2 Å². The minimum absolute atomic E-state index is 0.00565. The summed E-state index contributed by atoms with van der Waals surface area (Å²) in [7, 11) is 0. The Balaban J connectivity index is 2.18. The van der Waals surface area contributed by atoms with Gasteiger partial charge in [0.05, 0.1) is 12.7 Å². The number of hydrogen-bond acceptors (Lipinski definition) is 4. The summed E-state index contributed by atoms with van der Waals surface area (Å²) in [5.74, 6) is 0. The summed E-state index contributed by atoms with van der Waals surface area (Å²) in [5.41, 5.74) is 1.27. The van der Waals surface area contributed by atoms with E-state index in [1.54, 1.807) is 0 Å². The van der Waals surface area contributed by atoms with Crippen molar-refractivity contribution in [2.24, 2.45) is 10.4 Å². The second-order valence-electron chi connectivity index (χ2n) is 6.78. The van der Waals surface area contributed by atoms with Crippen LogP contribution in [-0.4, -0.2) is 36.9 Å². The normalized spacial score (nSPS) is 35.7. The highest BCUT2D eigenvalue weighted by Crippen LogP contribution is 2.28. The first kappa shape index (κ1) is 14.9. The van der Waals surface area contributed by atoms with E-state index in [-0.39, 0.29) is 30.0 Å². The maximum Gasteiger partial charge on any atom is 0.141 e. The number of rotatable bonds is 3. The lowest BCUT2D eigenvalue weighted by Crippen LogP contribution is -2.61. The summed E-state index contributed by atoms with van der Waals surface area (Å²) in [6.07, 6.45) is 3.58. The van der Waals surface area contributed by atoms with Gasteiger partial charge in [0.1, 0.15) is 18.5 Å². The molecule has 2 heterocycles. The van der Waals surface area contributed by atoms with Gasteiger partial charge in [0.2, 0.25) is 0 Å². The van der Waals surface area contributed by atoms with Crippen LogP contribution in [0.3, 0.4) is 0 Å². The van der Waals surface area contributed by atoms with Crippen LogP contribution in [0.5, 0.6) is 0 Å². The van der Waals surface area contributed by atoms with Crippen LogP contribution in [-0.2, 0) is 9.47 Å². The van der Waals surface area contributed by atoms with Crippen LogP contribution in [0.2, 0.25) is 0 Å². The zero-order valence-corrected chi connectivity index (χ0v) is 12.9. The predicted octanol–water partition coefficient (Wildman–Crippen LogP) is 2.72. The number of hydrogen-bond donors (Lipinski definition) is 1. The quantitative estimate of drug-likeness (QED) is 0.856. The van der Waals surface area contributed by atoms with E-state index in [1.165, 1.54) is 12.1 Å². The molecule has 3 unspecified atom stereocenters. The molecule has 0 amide bonds. The first-order valence-corrected chi connectivity index (χ1v) is 7.51. The third-order valence-corrected chi connectivity index (χ3v) is 3.72. The van der Waals surface area contributed by atoms with Crippen molar-refractivity contribution in [2.75, 3.05) is 6.61 Å². The second-order valence-corrected chi connectivity index (χ2v) is 6.78. The zero-order chi connectivity index (χ0) is 14.0. The first-order chi connectivity index (χ1) is 8.91. The molecule has 1 N–H and O–H groups in total. The van der Waals surface area contributed by atoms with Gasteiger partial charge >= 0.3 is 0 Å². The Bertz CT molecular complexity index is 336. The van der Waals surface area contributed by atoms with Crippen LogP contribution in [0.25, 0.3) is 0 Å². The lowest BCUT2D eigenvalue weighted by atomic mass is 9.90. The Labute approximate surface area is 117 Å². The molecule has 0 aromatic rings. The van der Waals surface area contributed by atoms with Crippen LogP contribution in [0.4, 0.5) is 0 Å². The maximum atomic E-state index is 6.04. The summed E-state index contributed by atoms with van der Waals surface area (Å²) in [6.45, 7) is 11.5. The minimum atomic E-state index is -0.0372. The SMILES string of the molecule is CCCCC1=NC(C(C)(C)C)NC2OC[C@@H](C)OC12. The van der Waals surface area contributed by atoms with Crippen molar-refractivity contribution in [3.05, 3.63) is 0 Å². The van der Waals surface area contributed by atoms with Crippen molar-refractivity contribution in [3.63, 3.8) is 0 Å². The second kappa shape index (κ2) is 5.90. The van der Waals surface area contributed by atoms with Gasteiger partial charge in [-0.25, -0.2) is 0 Å². The molecule has 0 saturated carbocycles. The van der Waals surface area contributed by atoms with Gasteiger partial charge < -0.3 is 9.47 Å². The molecule has 0 aromatic heterocycles. The Kier molecular flexibility index (Phi) is 4.64. The fourth-order valence-corrected chi connectivity index (χ4v) is 2.52. The van der Waals surface area contributed by atoms with Crippen molar-refractivity contribution in [2.45, 2.75) is 78.5 Å². The van der Waals surface area contributed by atoms with E-state index in [0.717, 1.165) is 12.8 Å². The standard InChI is InChI=1S/C15H28N2O2/c1-6-7-8-11-12-13(18-9-10(2)19-12)17-14(16-11)15(3,4)5/h10,12-14,17H,6-9H2,1-5H3/t10-,12?,13?,14?/m1/s1. The molecule has 0 spiro atoms. The lowest BCUT2D eigenvalue weighted by Gasteiger charge is -2.44. The summed E-state index contributed by atoms with van der Waals surface area (Å²) in [6, 6.07) is 0. The first-order valence-electron chi connectivity index (χ1n) is 7.51. The Hall–Kier alpha value is -0.450. The molecule has 110 valence electrons. The highest BCUT2D eigenvalue weighted by Gasteiger charge is 2.41. The zero-order valence-electron chi connectivity index (χ0n) is 12.9. The predicted molar refractivity (Wildman–Crippen MR) is 77.4 cm³/mol. The highest BCUT2D eigenvalue weighted by atomic mass is 16.6. The molecule has 19 heavy (non-hydrogen) atoms. The molecule has 0 aliphatic carbocycles. The van der Waals surface area contributed by atoms with Crippen LogP contribution in [0.1, 0.15) is 53.9 Å². The molecule has 4 atom stereocenters. The van der Waals surface area contributed by atoms with E-state index < -0.39 is 0 Å². The van der Waals surface area contributed by atoms with Gasteiger partial charge in [0, 0.05) is 5.71 Å². The summed E-state index contributed by atoms with van der Waals surface area (Å²) in [4.78, 5) is 4.91. The number of unbranched alkanes of at least 4 members (excludes halogenated alkanes) is 1. The van der Waals surface area contributed by atoms with Crippen molar-refractivity contribution < 1.29 is 9.47 Å². The summed E-state index contributed by atoms with van der Waals surface area (Å²) >= 11 is 0. The molecule has 1 saturated heterocycles. The summed E-state index contributed by atoms with van der Waals surface area (Å²) in [5, 5.41) is 3.49. The number of aliphatic imine (C=N–C) groups is 1. The Morgan fingerprint density at radius 3 is 2.74 bits per heavy atom. The monoisotopic (exact) mass is 268 g/mol. The van der Waals surface area contributed by atoms with Crippen LogP contribution < -0.4 is 5.32 Å². The third kappa shape index (κ3) is 3.56. The van der Waals surface area contributed by atoms with Gasteiger partial charge in [-0.2, -0.15) is 0 Å². The van der Waals surface area contributed by atoms with Crippen LogP contribution in [0, 0.1) is 5.41 Å².